The first-order valence-corrected chi connectivity index (χ1v) is 8.44. The maximum Gasteiger partial charge on any atom is 0.135 e. The molecule has 0 bridgehead atoms. The quantitative estimate of drug-likeness (QED) is 0.693. The molecule has 0 spiro atoms. The highest BCUT2D eigenvalue weighted by Gasteiger charge is 2.12. The van der Waals surface area contributed by atoms with Gasteiger partial charge in [0.2, 0.25) is 0 Å². The first-order valence-electron chi connectivity index (χ1n) is 8.44. The van der Waals surface area contributed by atoms with Gasteiger partial charge < -0.3 is 10.4 Å². The maximum atomic E-state index is 9.36. The van der Waals surface area contributed by atoms with E-state index >= 15 is 0 Å². The van der Waals surface area contributed by atoms with Crippen molar-refractivity contribution in [3.8, 4) is 6.07 Å². The number of aryl methyl sites for hydroxylation is 1. The molecule has 0 aliphatic carbocycles. The van der Waals surface area contributed by atoms with Crippen molar-refractivity contribution in [2.75, 3.05) is 18.5 Å². The smallest absolute Gasteiger partial charge is 0.135 e. The fraction of sp³-hybridized carbons (Fsp3) is 0.316. The third-order valence-electron chi connectivity index (χ3n) is 4.18. The first kappa shape index (κ1) is 16.9. The molecule has 0 aliphatic rings. The van der Waals surface area contributed by atoms with Gasteiger partial charge in [0.05, 0.1) is 30.6 Å². The van der Waals surface area contributed by atoms with Gasteiger partial charge in [0.1, 0.15) is 17.1 Å². The average Bonchev–Trinajstić information content (AvgIpc) is 3.05. The van der Waals surface area contributed by atoms with Gasteiger partial charge in [0.25, 0.3) is 0 Å². The number of hydrogen-bond acceptors (Lipinski definition) is 5. The lowest BCUT2D eigenvalue weighted by Gasteiger charge is -2.09. The van der Waals surface area contributed by atoms with Crippen molar-refractivity contribution in [1.82, 2.24) is 14.8 Å². The van der Waals surface area contributed by atoms with Crippen molar-refractivity contribution in [3.05, 3.63) is 53.3 Å². The molecule has 1 aromatic carbocycles. The number of aromatic nitrogens is 3. The number of nitriles is 1. The molecule has 2 heterocycles. The molecule has 3 aromatic rings. The highest BCUT2D eigenvalue weighted by molar-refractivity contribution is 5.90. The van der Waals surface area contributed by atoms with Crippen molar-refractivity contribution in [1.29, 1.82) is 5.26 Å². The Morgan fingerprint density at radius 2 is 2.00 bits per heavy atom. The number of nitrogens with one attached hydrogen (secondary N) is 1. The minimum atomic E-state index is 0.00954. The molecule has 0 fully saturated rings. The summed E-state index contributed by atoms with van der Waals surface area (Å²) in [6, 6.07) is 10.8. The zero-order valence-corrected chi connectivity index (χ0v) is 14.2. The molecule has 2 N–H and O–H groups in total. The topological polar surface area (TPSA) is 86.8 Å². The lowest BCUT2D eigenvalue weighted by Crippen LogP contribution is -2.08. The number of pyridine rings is 1. The zero-order valence-electron chi connectivity index (χ0n) is 14.2. The number of anilines is 1. The summed E-state index contributed by atoms with van der Waals surface area (Å²) in [6.45, 7) is 3.26. The van der Waals surface area contributed by atoms with Crippen LogP contribution in [0.4, 0.5) is 5.69 Å². The van der Waals surface area contributed by atoms with Gasteiger partial charge in [-0.3, -0.25) is 9.67 Å². The van der Waals surface area contributed by atoms with Crippen LogP contribution < -0.4 is 5.32 Å². The van der Waals surface area contributed by atoms with E-state index in [1.54, 1.807) is 17.1 Å². The minimum Gasteiger partial charge on any atom is -0.394 e. The van der Waals surface area contributed by atoms with Gasteiger partial charge in [-0.05, 0) is 24.0 Å². The summed E-state index contributed by atoms with van der Waals surface area (Å²) in [7, 11) is 0. The summed E-state index contributed by atoms with van der Waals surface area (Å²) >= 11 is 0. The highest BCUT2D eigenvalue weighted by Crippen LogP contribution is 2.24. The number of aliphatic hydroxyl groups excluding tert-OH is 1. The van der Waals surface area contributed by atoms with Gasteiger partial charge in [-0.15, -0.1) is 0 Å². The summed E-state index contributed by atoms with van der Waals surface area (Å²) in [5.41, 5.74) is 5.13. The van der Waals surface area contributed by atoms with Crippen molar-refractivity contribution in [2.24, 2.45) is 0 Å². The number of benzene rings is 1. The minimum absolute atomic E-state index is 0.00954. The van der Waals surface area contributed by atoms with Crippen LogP contribution >= 0.6 is 0 Å². The first-order chi connectivity index (χ1) is 12.2. The standard InChI is InChI=1S/C19H21N5O/c1-2-14-3-5-15(6-4-14)7-8-21-18-16(11-20)12-22-17-13-24(9-10-25)23-19(17)18/h3-6,12-13,21,25H,2,7-10H2,1H3. The van der Waals surface area contributed by atoms with Gasteiger partial charge in [0, 0.05) is 12.7 Å². The predicted molar refractivity (Wildman–Crippen MR) is 97.3 cm³/mol. The van der Waals surface area contributed by atoms with Crippen LogP contribution in [0.25, 0.3) is 11.0 Å². The Bertz CT molecular complexity index is 893. The van der Waals surface area contributed by atoms with Crippen LogP contribution in [0.2, 0.25) is 0 Å². The molecule has 0 saturated carbocycles. The van der Waals surface area contributed by atoms with E-state index in [4.69, 9.17) is 5.11 Å². The molecule has 0 unspecified atom stereocenters. The zero-order chi connectivity index (χ0) is 17.6. The van der Waals surface area contributed by atoms with Crippen LogP contribution in [-0.2, 0) is 19.4 Å². The fourth-order valence-electron chi connectivity index (χ4n) is 2.76. The number of aliphatic hydroxyl groups is 1. The molecular weight excluding hydrogens is 314 g/mol. The summed E-state index contributed by atoms with van der Waals surface area (Å²) in [6.07, 6.45) is 5.23. The molecule has 6 heteroatoms. The third-order valence-corrected chi connectivity index (χ3v) is 4.18. The summed E-state index contributed by atoms with van der Waals surface area (Å²) < 4.78 is 1.65. The van der Waals surface area contributed by atoms with Gasteiger partial charge in [-0.25, -0.2) is 0 Å². The molecule has 6 nitrogen and oxygen atoms in total. The molecule has 128 valence electrons. The molecule has 3 rings (SSSR count). The molecular formula is C19H21N5O. The van der Waals surface area contributed by atoms with E-state index in [2.05, 4.69) is 52.7 Å². The monoisotopic (exact) mass is 335 g/mol. The highest BCUT2D eigenvalue weighted by atomic mass is 16.3. The van der Waals surface area contributed by atoms with E-state index in [0.717, 1.165) is 12.8 Å². The number of fused-ring (bicyclic) bond motifs is 1. The SMILES string of the molecule is CCc1ccc(CCNc2c(C#N)cnc3cn(CCO)nc23)cc1. The van der Waals surface area contributed by atoms with Crippen LogP contribution in [0, 0.1) is 11.3 Å². The second-order valence-electron chi connectivity index (χ2n) is 5.86. The molecule has 0 aliphatic heterocycles. The normalized spacial score (nSPS) is 10.8. The molecule has 0 amide bonds. The van der Waals surface area contributed by atoms with Gasteiger partial charge >= 0.3 is 0 Å². The molecule has 25 heavy (non-hydrogen) atoms. The number of rotatable bonds is 7. The summed E-state index contributed by atoms with van der Waals surface area (Å²) in [4.78, 5) is 4.27. The van der Waals surface area contributed by atoms with Gasteiger partial charge in [0.15, 0.2) is 0 Å². The third kappa shape index (κ3) is 3.78. The predicted octanol–water partition coefficient (Wildman–Crippen LogP) is 2.51. The van der Waals surface area contributed by atoms with Gasteiger partial charge in [-0.2, -0.15) is 10.4 Å². The molecule has 0 atom stereocenters. The van der Waals surface area contributed by atoms with E-state index in [-0.39, 0.29) is 6.61 Å². The second-order valence-corrected chi connectivity index (χ2v) is 5.86. The van der Waals surface area contributed by atoms with Crippen LogP contribution in [0.15, 0.2) is 36.7 Å². The van der Waals surface area contributed by atoms with Crippen molar-refractivity contribution in [3.63, 3.8) is 0 Å². The summed E-state index contributed by atoms with van der Waals surface area (Å²) in [5.74, 6) is 0. The number of nitrogens with zero attached hydrogens (tertiary/aromatic N) is 4. The Hall–Kier alpha value is -2.91. The maximum absolute atomic E-state index is 9.36. The van der Waals surface area contributed by atoms with Gasteiger partial charge in [-0.1, -0.05) is 31.2 Å². The van der Waals surface area contributed by atoms with E-state index in [9.17, 15) is 5.26 Å². The largest absolute Gasteiger partial charge is 0.394 e. The van der Waals surface area contributed by atoms with Crippen molar-refractivity contribution < 1.29 is 5.11 Å². The lowest BCUT2D eigenvalue weighted by molar-refractivity contribution is 0.270. The lowest BCUT2D eigenvalue weighted by atomic mass is 10.1. The Labute approximate surface area is 146 Å². The Morgan fingerprint density at radius 1 is 1.24 bits per heavy atom. The van der Waals surface area contributed by atoms with Crippen LogP contribution in [-0.4, -0.2) is 33.0 Å². The van der Waals surface area contributed by atoms with E-state index in [1.807, 2.05) is 0 Å². The van der Waals surface area contributed by atoms with Crippen LogP contribution in [0.3, 0.4) is 0 Å². The van der Waals surface area contributed by atoms with E-state index in [0.29, 0.717) is 35.4 Å². The second kappa shape index (κ2) is 7.77. The van der Waals surface area contributed by atoms with Crippen molar-refractivity contribution in [2.45, 2.75) is 26.3 Å². The molecule has 2 aromatic heterocycles. The fourth-order valence-corrected chi connectivity index (χ4v) is 2.76. The van der Waals surface area contributed by atoms with E-state index < -0.39 is 0 Å². The molecule has 0 saturated heterocycles. The van der Waals surface area contributed by atoms with E-state index in [1.165, 1.54) is 11.1 Å². The van der Waals surface area contributed by atoms with Crippen molar-refractivity contribution >= 4 is 16.7 Å². The average molecular weight is 335 g/mol. The number of hydrogen-bond donors (Lipinski definition) is 2. The van der Waals surface area contributed by atoms with Crippen LogP contribution in [0.5, 0.6) is 0 Å². The molecule has 0 radical (unpaired) electrons. The Kier molecular flexibility index (Phi) is 5.26. The Morgan fingerprint density at radius 3 is 2.68 bits per heavy atom. The summed E-state index contributed by atoms with van der Waals surface area (Å²) in [5, 5.41) is 26.2. The Balaban J connectivity index is 1.78. The van der Waals surface area contributed by atoms with Crippen LogP contribution in [0.1, 0.15) is 23.6 Å².